The fraction of sp³-hybridized carbons (Fsp3) is 0.571. The van der Waals surface area contributed by atoms with E-state index in [1.165, 1.54) is 0 Å². The van der Waals surface area contributed by atoms with Crippen LogP contribution in [0.1, 0.15) is 38.5 Å². The minimum absolute atomic E-state index is 0.0270. The van der Waals surface area contributed by atoms with Gasteiger partial charge in [0.25, 0.3) is 0 Å². The van der Waals surface area contributed by atoms with Crippen molar-refractivity contribution >= 4 is 39.1 Å². The summed E-state index contributed by atoms with van der Waals surface area (Å²) in [6.07, 6.45) is 1.23. The predicted molar refractivity (Wildman–Crippen MR) is 83.5 cm³/mol. The van der Waals surface area contributed by atoms with E-state index < -0.39 is 11.6 Å². The predicted octanol–water partition coefficient (Wildman–Crippen LogP) is 2.92. The summed E-state index contributed by atoms with van der Waals surface area (Å²) in [5, 5.41) is 2.91. The normalized spacial score (nSPS) is 22.0. The van der Waals surface area contributed by atoms with Gasteiger partial charge in [0.05, 0.1) is 10.3 Å². The highest BCUT2D eigenvalue weighted by Gasteiger charge is 2.47. The third-order valence-corrected chi connectivity index (χ3v) is 5.65. The lowest BCUT2D eigenvalue weighted by Gasteiger charge is -2.44. The number of nitrogens with one attached hydrogen (secondary N) is 1. The van der Waals surface area contributed by atoms with Gasteiger partial charge >= 0.3 is 0 Å². The number of nitrogens with zero attached hydrogens (tertiary/aromatic N) is 1. The molecule has 1 unspecified atom stereocenters. The van der Waals surface area contributed by atoms with Crippen molar-refractivity contribution < 1.29 is 9.59 Å². The van der Waals surface area contributed by atoms with Crippen molar-refractivity contribution in [3.8, 4) is 0 Å². The Morgan fingerprint density at radius 2 is 2.00 bits per heavy atom. The Labute approximate surface area is 131 Å². The SMILES string of the molecule is CCC1(CC)NC(=O)C(C)N(Cc2ccc(Br)s2)C1=O. The van der Waals surface area contributed by atoms with E-state index in [0.717, 1.165) is 8.66 Å². The van der Waals surface area contributed by atoms with Crippen molar-refractivity contribution in [3.05, 3.63) is 20.8 Å². The maximum Gasteiger partial charge on any atom is 0.249 e. The second-order valence-corrected chi connectivity index (χ2v) is 7.64. The van der Waals surface area contributed by atoms with Crippen molar-refractivity contribution in [1.29, 1.82) is 0 Å². The zero-order valence-corrected chi connectivity index (χ0v) is 14.3. The van der Waals surface area contributed by atoms with Gasteiger partial charge in [0.15, 0.2) is 0 Å². The number of thiophene rings is 1. The number of hydrogen-bond acceptors (Lipinski definition) is 3. The van der Waals surface area contributed by atoms with Crippen LogP contribution in [0.5, 0.6) is 0 Å². The zero-order valence-electron chi connectivity index (χ0n) is 11.9. The molecule has 4 nitrogen and oxygen atoms in total. The summed E-state index contributed by atoms with van der Waals surface area (Å²) in [6.45, 7) is 6.16. The summed E-state index contributed by atoms with van der Waals surface area (Å²) < 4.78 is 1.03. The van der Waals surface area contributed by atoms with E-state index in [1.807, 2.05) is 26.0 Å². The van der Waals surface area contributed by atoms with Gasteiger partial charge in [-0.2, -0.15) is 0 Å². The van der Waals surface area contributed by atoms with Gasteiger partial charge in [0.2, 0.25) is 11.8 Å². The molecule has 20 heavy (non-hydrogen) atoms. The second kappa shape index (κ2) is 5.85. The number of piperazine rings is 1. The topological polar surface area (TPSA) is 49.4 Å². The Balaban J connectivity index is 2.28. The average Bonchev–Trinajstić information content (AvgIpc) is 2.84. The van der Waals surface area contributed by atoms with E-state index in [4.69, 9.17) is 0 Å². The Kier molecular flexibility index (Phi) is 4.54. The molecule has 0 aromatic carbocycles. The van der Waals surface area contributed by atoms with Crippen molar-refractivity contribution in [3.63, 3.8) is 0 Å². The number of carbonyl (C=O) groups excluding carboxylic acids is 2. The van der Waals surface area contributed by atoms with Crippen molar-refractivity contribution in [1.82, 2.24) is 10.2 Å². The molecule has 0 radical (unpaired) electrons. The van der Waals surface area contributed by atoms with E-state index in [9.17, 15) is 9.59 Å². The van der Waals surface area contributed by atoms with Crippen LogP contribution < -0.4 is 5.32 Å². The molecule has 1 atom stereocenters. The molecule has 110 valence electrons. The maximum absolute atomic E-state index is 12.8. The number of halogens is 1. The fourth-order valence-corrected chi connectivity index (χ4v) is 4.01. The molecule has 2 heterocycles. The van der Waals surface area contributed by atoms with Crippen LogP contribution >= 0.6 is 27.3 Å². The summed E-state index contributed by atoms with van der Waals surface area (Å²) in [5.74, 6) is -0.0388. The van der Waals surface area contributed by atoms with Crippen molar-refractivity contribution in [2.75, 3.05) is 0 Å². The second-order valence-electron chi connectivity index (χ2n) is 5.09. The lowest BCUT2D eigenvalue weighted by Crippen LogP contribution is -2.69. The van der Waals surface area contributed by atoms with Crippen molar-refractivity contribution in [2.24, 2.45) is 0 Å². The van der Waals surface area contributed by atoms with E-state index in [1.54, 1.807) is 23.2 Å². The molecule has 2 amide bonds. The third-order valence-electron chi connectivity index (χ3n) is 4.04. The zero-order chi connectivity index (χ0) is 14.9. The number of carbonyl (C=O) groups is 2. The standard InChI is InChI=1S/C14H19BrN2O2S/c1-4-14(5-2)13(19)17(9(3)12(18)16-14)8-10-6-7-11(15)20-10/h6-7,9H,4-5,8H2,1-3H3,(H,16,18). The molecule has 1 aliphatic rings. The first-order valence-electron chi connectivity index (χ1n) is 6.81. The van der Waals surface area contributed by atoms with Crippen LogP contribution in [0.3, 0.4) is 0 Å². The first-order valence-corrected chi connectivity index (χ1v) is 8.41. The Hall–Kier alpha value is -0.880. The molecule has 1 aromatic rings. The molecule has 0 bridgehead atoms. The van der Waals surface area contributed by atoms with Gasteiger partial charge in [-0.1, -0.05) is 13.8 Å². The summed E-state index contributed by atoms with van der Waals surface area (Å²) in [5.41, 5.74) is -0.738. The summed E-state index contributed by atoms with van der Waals surface area (Å²) in [4.78, 5) is 27.7. The monoisotopic (exact) mass is 358 g/mol. The van der Waals surface area contributed by atoms with Crippen LogP contribution in [0.2, 0.25) is 0 Å². The van der Waals surface area contributed by atoms with Gasteiger partial charge in [-0.25, -0.2) is 0 Å². The molecule has 0 spiro atoms. The van der Waals surface area contributed by atoms with Gasteiger partial charge < -0.3 is 10.2 Å². The fourth-order valence-electron chi connectivity index (χ4n) is 2.53. The molecule has 1 aromatic heterocycles. The smallest absolute Gasteiger partial charge is 0.249 e. The summed E-state index contributed by atoms with van der Waals surface area (Å²) in [7, 11) is 0. The Morgan fingerprint density at radius 3 is 2.50 bits per heavy atom. The van der Waals surface area contributed by atoms with Gasteiger partial charge in [-0.15, -0.1) is 11.3 Å². The van der Waals surface area contributed by atoms with Crippen LogP contribution in [-0.2, 0) is 16.1 Å². The quantitative estimate of drug-likeness (QED) is 0.899. The lowest BCUT2D eigenvalue weighted by atomic mass is 9.87. The minimum Gasteiger partial charge on any atom is -0.340 e. The van der Waals surface area contributed by atoms with E-state index in [2.05, 4.69) is 21.2 Å². The van der Waals surface area contributed by atoms with Crippen LogP contribution in [-0.4, -0.2) is 28.3 Å². The highest BCUT2D eigenvalue weighted by Crippen LogP contribution is 2.29. The molecular weight excluding hydrogens is 340 g/mol. The first kappa shape index (κ1) is 15.5. The van der Waals surface area contributed by atoms with E-state index in [-0.39, 0.29) is 11.8 Å². The number of hydrogen-bond donors (Lipinski definition) is 1. The largest absolute Gasteiger partial charge is 0.340 e. The Morgan fingerprint density at radius 1 is 1.35 bits per heavy atom. The molecule has 1 saturated heterocycles. The van der Waals surface area contributed by atoms with Crippen LogP contribution in [0, 0.1) is 0 Å². The first-order chi connectivity index (χ1) is 9.43. The minimum atomic E-state index is -0.738. The van der Waals surface area contributed by atoms with Gasteiger partial charge in [0.1, 0.15) is 11.6 Å². The molecular formula is C14H19BrN2O2S. The van der Waals surface area contributed by atoms with E-state index >= 15 is 0 Å². The van der Waals surface area contributed by atoms with Gasteiger partial charge in [-0.3, -0.25) is 9.59 Å². The Bertz CT molecular complexity index is 525. The number of rotatable bonds is 4. The van der Waals surface area contributed by atoms with Crippen molar-refractivity contribution in [2.45, 2.75) is 51.7 Å². The average molecular weight is 359 g/mol. The van der Waals surface area contributed by atoms with Crippen LogP contribution in [0.25, 0.3) is 0 Å². The maximum atomic E-state index is 12.8. The molecule has 6 heteroatoms. The molecule has 1 aliphatic heterocycles. The third kappa shape index (κ3) is 2.63. The molecule has 0 aliphatic carbocycles. The molecule has 1 fully saturated rings. The molecule has 2 rings (SSSR count). The summed E-state index contributed by atoms with van der Waals surface area (Å²) in [6, 6.07) is 3.53. The van der Waals surface area contributed by atoms with Crippen LogP contribution in [0.4, 0.5) is 0 Å². The highest BCUT2D eigenvalue weighted by atomic mass is 79.9. The highest BCUT2D eigenvalue weighted by molar-refractivity contribution is 9.11. The van der Waals surface area contributed by atoms with E-state index in [0.29, 0.717) is 19.4 Å². The number of amides is 2. The summed E-state index contributed by atoms with van der Waals surface area (Å²) >= 11 is 5.02. The molecule has 1 N–H and O–H groups in total. The molecule has 0 saturated carbocycles. The van der Waals surface area contributed by atoms with Gasteiger partial charge in [0, 0.05) is 4.88 Å². The van der Waals surface area contributed by atoms with Gasteiger partial charge in [-0.05, 0) is 47.8 Å². The van der Waals surface area contributed by atoms with Crippen LogP contribution in [0.15, 0.2) is 15.9 Å². The lowest BCUT2D eigenvalue weighted by molar-refractivity contribution is -0.155.